The first-order valence-corrected chi connectivity index (χ1v) is 12.7. The number of rotatable bonds is 9. The van der Waals surface area contributed by atoms with Crippen LogP contribution in [0.4, 0.5) is 4.39 Å². The molecule has 0 saturated heterocycles. The SMILES string of the molecule is O=C(NCCc1ccccc1)c1csc(CSc2nnc(-c3ccco3)n2-c2ccccc2F)n1. The molecular weight excluding hydrogens is 485 g/mol. The maximum absolute atomic E-state index is 14.6. The van der Waals surface area contributed by atoms with Crippen LogP contribution in [0.3, 0.4) is 0 Å². The summed E-state index contributed by atoms with van der Waals surface area (Å²) < 4.78 is 21.8. The summed E-state index contributed by atoms with van der Waals surface area (Å²) in [7, 11) is 0. The lowest BCUT2D eigenvalue weighted by Crippen LogP contribution is -2.26. The van der Waals surface area contributed by atoms with Gasteiger partial charge in [-0.15, -0.1) is 21.5 Å². The average molecular weight is 506 g/mol. The van der Waals surface area contributed by atoms with Crippen LogP contribution in [0.25, 0.3) is 17.3 Å². The zero-order valence-electron chi connectivity index (χ0n) is 18.4. The highest BCUT2D eigenvalue weighted by molar-refractivity contribution is 7.98. The molecule has 7 nitrogen and oxygen atoms in total. The number of amides is 1. The van der Waals surface area contributed by atoms with Crippen LogP contribution in [0.5, 0.6) is 0 Å². The van der Waals surface area contributed by atoms with Gasteiger partial charge in [-0.3, -0.25) is 9.36 Å². The van der Waals surface area contributed by atoms with E-state index in [1.807, 2.05) is 30.3 Å². The minimum atomic E-state index is -0.398. The van der Waals surface area contributed by atoms with Crippen molar-refractivity contribution in [3.8, 4) is 17.3 Å². The molecule has 0 radical (unpaired) electrons. The molecule has 3 aromatic heterocycles. The van der Waals surface area contributed by atoms with Gasteiger partial charge in [0.25, 0.3) is 5.91 Å². The van der Waals surface area contributed by atoms with Crippen LogP contribution in [-0.2, 0) is 12.2 Å². The summed E-state index contributed by atoms with van der Waals surface area (Å²) in [5, 5.41) is 14.4. The molecule has 0 saturated carbocycles. The third-order valence-corrected chi connectivity index (χ3v) is 7.09. The Labute approximate surface area is 209 Å². The maximum Gasteiger partial charge on any atom is 0.270 e. The Hall–Kier alpha value is -3.76. The van der Waals surface area contributed by atoms with E-state index >= 15 is 0 Å². The minimum absolute atomic E-state index is 0.205. The van der Waals surface area contributed by atoms with Crippen molar-refractivity contribution in [2.75, 3.05) is 6.54 Å². The van der Waals surface area contributed by atoms with E-state index in [-0.39, 0.29) is 5.91 Å². The summed E-state index contributed by atoms with van der Waals surface area (Å²) in [6, 6.07) is 19.9. The lowest BCUT2D eigenvalue weighted by Gasteiger charge is -2.09. The first-order valence-electron chi connectivity index (χ1n) is 10.8. The summed E-state index contributed by atoms with van der Waals surface area (Å²) in [5.74, 6) is 0.734. The number of hydrogen-bond acceptors (Lipinski definition) is 7. The topological polar surface area (TPSA) is 85.8 Å². The number of thioether (sulfide) groups is 1. The highest BCUT2D eigenvalue weighted by atomic mass is 32.2. The number of furan rings is 1. The van der Waals surface area contributed by atoms with Gasteiger partial charge in [0, 0.05) is 11.9 Å². The Balaban J connectivity index is 1.27. The van der Waals surface area contributed by atoms with Crippen molar-refractivity contribution >= 4 is 29.0 Å². The van der Waals surface area contributed by atoms with Gasteiger partial charge in [0.1, 0.15) is 16.5 Å². The number of para-hydroxylation sites is 1. The van der Waals surface area contributed by atoms with Gasteiger partial charge in [-0.2, -0.15) is 0 Å². The quantitative estimate of drug-likeness (QED) is 0.271. The number of carbonyl (C=O) groups excluding carboxylic acids is 1. The molecule has 10 heteroatoms. The molecule has 0 unspecified atom stereocenters. The second kappa shape index (κ2) is 10.7. The largest absolute Gasteiger partial charge is 0.461 e. The van der Waals surface area contributed by atoms with Gasteiger partial charge in [0.05, 0.1) is 17.7 Å². The smallest absolute Gasteiger partial charge is 0.270 e. The first-order chi connectivity index (χ1) is 17.2. The number of halogens is 1. The molecule has 1 N–H and O–H groups in total. The Morgan fingerprint density at radius 3 is 2.69 bits per heavy atom. The third kappa shape index (κ3) is 5.33. The monoisotopic (exact) mass is 505 g/mol. The minimum Gasteiger partial charge on any atom is -0.461 e. The van der Waals surface area contributed by atoms with Gasteiger partial charge in [-0.05, 0) is 36.2 Å². The van der Waals surface area contributed by atoms with Crippen molar-refractivity contribution in [3.63, 3.8) is 0 Å². The molecule has 1 amide bonds. The molecule has 5 rings (SSSR count). The van der Waals surface area contributed by atoms with E-state index in [4.69, 9.17) is 4.42 Å². The van der Waals surface area contributed by atoms with Crippen LogP contribution in [0.2, 0.25) is 0 Å². The van der Waals surface area contributed by atoms with E-state index in [2.05, 4.69) is 20.5 Å². The number of aromatic nitrogens is 4. The maximum atomic E-state index is 14.6. The zero-order valence-corrected chi connectivity index (χ0v) is 20.1. The summed E-state index contributed by atoms with van der Waals surface area (Å²) in [5.41, 5.74) is 1.87. The molecule has 0 spiro atoms. The van der Waals surface area contributed by atoms with E-state index in [1.165, 1.54) is 35.4 Å². The molecule has 0 aliphatic heterocycles. The van der Waals surface area contributed by atoms with E-state index in [0.717, 1.165) is 17.0 Å². The number of nitrogens with zero attached hydrogens (tertiary/aromatic N) is 4. The fourth-order valence-electron chi connectivity index (χ4n) is 3.44. The Morgan fingerprint density at radius 2 is 1.89 bits per heavy atom. The van der Waals surface area contributed by atoms with Crippen LogP contribution in [0, 0.1) is 5.82 Å². The van der Waals surface area contributed by atoms with Gasteiger partial charge >= 0.3 is 0 Å². The van der Waals surface area contributed by atoms with E-state index in [1.54, 1.807) is 40.3 Å². The molecule has 0 aliphatic rings. The summed E-state index contributed by atoms with van der Waals surface area (Å²) in [6.07, 6.45) is 2.29. The number of benzene rings is 2. The number of carbonyl (C=O) groups is 1. The molecule has 0 bridgehead atoms. The van der Waals surface area contributed by atoms with Crippen molar-refractivity contribution in [1.29, 1.82) is 0 Å². The molecule has 2 aromatic carbocycles. The molecule has 0 atom stereocenters. The van der Waals surface area contributed by atoms with Crippen LogP contribution in [0.1, 0.15) is 21.1 Å². The third-order valence-electron chi connectivity index (χ3n) is 5.12. The van der Waals surface area contributed by atoms with Gasteiger partial charge in [-0.1, -0.05) is 54.2 Å². The first kappa shape index (κ1) is 23.0. The lowest BCUT2D eigenvalue weighted by molar-refractivity contribution is 0.0949. The Morgan fingerprint density at radius 1 is 1.06 bits per heavy atom. The van der Waals surface area contributed by atoms with Crippen molar-refractivity contribution in [2.45, 2.75) is 17.3 Å². The number of nitrogens with one attached hydrogen (secondary N) is 1. The highest BCUT2D eigenvalue weighted by Gasteiger charge is 2.21. The second-order valence-electron chi connectivity index (χ2n) is 7.48. The summed E-state index contributed by atoms with van der Waals surface area (Å²) in [4.78, 5) is 16.9. The fraction of sp³-hybridized carbons (Fsp3) is 0.120. The van der Waals surface area contributed by atoms with Gasteiger partial charge in [0.15, 0.2) is 10.9 Å². The predicted molar refractivity (Wildman–Crippen MR) is 133 cm³/mol. The zero-order chi connectivity index (χ0) is 24.0. The molecule has 0 fully saturated rings. The lowest BCUT2D eigenvalue weighted by atomic mass is 10.1. The van der Waals surface area contributed by atoms with Crippen molar-refractivity contribution in [1.82, 2.24) is 25.1 Å². The number of thiazole rings is 1. The molecule has 5 aromatic rings. The predicted octanol–water partition coefficient (Wildman–Crippen LogP) is 5.39. The van der Waals surface area contributed by atoms with E-state index in [0.29, 0.717) is 40.4 Å². The van der Waals surface area contributed by atoms with Crippen molar-refractivity contribution in [3.05, 3.63) is 100 Å². The van der Waals surface area contributed by atoms with Crippen LogP contribution in [-0.4, -0.2) is 32.2 Å². The van der Waals surface area contributed by atoms with Gasteiger partial charge in [-0.25, -0.2) is 9.37 Å². The normalized spacial score (nSPS) is 11.0. The van der Waals surface area contributed by atoms with Gasteiger partial charge in [0.2, 0.25) is 5.82 Å². The summed E-state index contributed by atoms with van der Waals surface area (Å²) >= 11 is 2.75. The molecule has 3 heterocycles. The standard InChI is InChI=1S/C25H20FN5O2S2/c26-18-9-4-5-10-20(18)31-23(21-11-6-14-33-21)29-30-25(31)35-16-22-28-19(15-34-22)24(32)27-13-12-17-7-2-1-3-8-17/h1-11,14-15H,12-13,16H2,(H,27,32). The van der Waals surface area contributed by atoms with E-state index in [9.17, 15) is 9.18 Å². The molecule has 176 valence electrons. The molecule has 35 heavy (non-hydrogen) atoms. The molecule has 0 aliphatic carbocycles. The van der Waals surface area contributed by atoms with Gasteiger partial charge < -0.3 is 9.73 Å². The highest BCUT2D eigenvalue weighted by Crippen LogP contribution is 2.31. The Bertz CT molecular complexity index is 1420. The van der Waals surface area contributed by atoms with E-state index < -0.39 is 5.82 Å². The Kier molecular flexibility index (Phi) is 7.01. The summed E-state index contributed by atoms with van der Waals surface area (Å²) in [6.45, 7) is 0.533. The average Bonchev–Trinajstić information content (AvgIpc) is 3.64. The van der Waals surface area contributed by atoms with Crippen LogP contribution >= 0.6 is 23.1 Å². The van der Waals surface area contributed by atoms with Crippen molar-refractivity contribution < 1.29 is 13.6 Å². The van der Waals surface area contributed by atoms with Crippen LogP contribution in [0.15, 0.2) is 87.9 Å². The van der Waals surface area contributed by atoms with Crippen LogP contribution < -0.4 is 5.32 Å². The second-order valence-corrected chi connectivity index (χ2v) is 9.36. The van der Waals surface area contributed by atoms with Crippen molar-refractivity contribution in [2.24, 2.45) is 0 Å². The molecular formula is C25H20FN5O2S2. The fourth-order valence-corrected chi connectivity index (χ4v) is 5.18. The number of hydrogen-bond donors (Lipinski definition) is 1.